The average molecular weight is 249 g/mol. The zero-order chi connectivity index (χ0) is 12.8. The first-order valence-corrected chi connectivity index (χ1v) is 6.99. The molecular formula is C14H23N3O. The summed E-state index contributed by atoms with van der Waals surface area (Å²) in [7, 11) is 0. The van der Waals surface area contributed by atoms with Crippen LogP contribution in [0.5, 0.6) is 0 Å². The van der Waals surface area contributed by atoms with E-state index >= 15 is 0 Å². The summed E-state index contributed by atoms with van der Waals surface area (Å²) in [5, 5.41) is 3.46. The van der Waals surface area contributed by atoms with Crippen molar-refractivity contribution in [3.63, 3.8) is 0 Å². The molecule has 1 heterocycles. The fourth-order valence-electron chi connectivity index (χ4n) is 2.62. The minimum Gasteiger partial charge on any atom is -0.315 e. The summed E-state index contributed by atoms with van der Waals surface area (Å²) in [4.78, 5) is 15.3. The summed E-state index contributed by atoms with van der Waals surface area (Å²) in [6.07, 6.45) is 10.4. The molecule has 1 N–H and O–H groups in total. The third-order valence-electron chi connectivity index (χ3n) is 3.67. The molecule has 1 aliphatic rings. The Morgan fingerprint density at radius 3 is 2.94 bits per heavy atom. The lowest BCUT2D eigenvalue weighted by atomic mass is 9.89. The number of hydrogen-bond donors (Lipinski definition) is 1. The van der Waals surface area contributed by atoms with E-state index in [0.717, 1.165) is 24.6 Å². The van der Waals surface area contributed by atoms with Crippen LogP contribution in [0, 0.1) is 12.8 Å². The number of hydrogen-bond acceptors (Lipinski definition) is 3. The van der Waals surface area contributed by atoms with Gasteiger partial charge in [0, 0.05) is 25.5 Å². The van der Waals surface area contributed by atoms with Crippen molar-refractivity contribution in [2.24, 2.45) is 5.92 Å². The summed E-state index contributed by atoms with van der Waals surface area (Å²) in [6.45, 7) is 4.61. The minimum atomic E-state index is -0.153. The van der Waals surface area contributed by atoms with Gasteiger partial charge < -0.3 is 5.32 Å². The van der Waals surface area contributed by atoms with Crippen LogP contribution in [-0.4, -0.2) is 22.6 Å². The monoisotopic (exact) mass is 249 g/mol. The Hall–Kier alpha value is -1.16. The molecule has 0 saturated heterocycles. The van der Waals surface area contributed by atoms with Gasteiger partial charge in [-0.2, -0.15) is 0 Å². The Morgan fingerprint density at radius 1 is 1.39 bits per heavy atom. The van der Waals surface area contributed by atoms with E-state index in [-0.39, 0.29) is 5.69 Å². The number of nitrogens with zero attached hydrogens (tertiary/aromatic N) is 2. The van der Waals surface area contributed by atoms with E-state index in [1.165, 1.54) is 32.1 Å². The minimum absolute atomic E-state index is 0.153. The lowest BCUT2D eigenvalue weighted by Gasteiger charge is -2.21. The van der Waals surface area contributed by atoms with Crippen molar-refractivity contribution >= 4 is 0 Å². The molecular weight excluding hydrogens is 226 g/mol. The first kappa shape index (κ1) is 13.3. The predicted octanol–water partition coefficient (Wildman–Crippen LogP) is 1.72. The van der Waals surface area contributed by atoms with Crippen LogP contribution >= 0.6 is 0 Å². The molecule has 1 aliphatic carbocycles. The highest BCUT2D eigenvalue weighted by atomic mass is 16.1. The quantitative estimate of drug-likeness (QED) is 0.808. The second-order valence-electron chi connectivity index (χ2n) is 5.32. The van der Waals surface area contributed by atoms with Gasteiger partial charge in [0.15, 0.2) is 0 Å². The Labute approximate surface area is 108 Å². The maximum atomic E-state index is 11.5. The molecule has 1 aromatic rings. The first-order valence-electron chi connectivity index (χ1n) is 6.99. The topological polar surface area (TPSA) is 46.9 Å². The van der Waals surface area contributed by atoms with E-state index in [1.807, 2.05) is 13.1 Å². The molecule has 4 nitrogen and oxygen atoms in total. The molecule has 1 saturated carbocycles. The lowest BCUT2D eigenvalue weighted by Crippen LogP contribution is -2.31. The molecule has 0 bridgehead atoms. The molecule has 1 aromatic heterocycles. The number of nitrogens with one attached hydrogen (secondary N) is 1. The largest absolute Gasteiger partial charge is 0.347 e. The van der Waals surface area contributed by atoms with Crippen molar-refractivity contribution in [1.82, 2.24) is 14.9 Å². The van der Waals surface area contributed by atoms with Crippen molar-refractivity contribution in [2.75, 3.05) is 13.1 Å². The van der Waals surface area contributed by atoms with Crippen LogP contribution in [-0.2, 0) is 6.54 Å². The molecule has 0 unspecified atom stereocenters. The van der Waals surface area contributed by atoms with Gasteiger partial charge in [0.1, 0.15) is 0 Å². The molecule has 2 rings (SSSR count). The number of rotatable bonds is 5. The lowest BCUT2D eigenvalue weighted by molar-refractivity contribution is 0.340. The zero-order valence-corrected chi connectivity index (χ0v) is 11.2. The summed E-state index contributed by atoms with van der Waals surface area (Å²) in [5.74, 6) is 0.839. The van der Waals surface area contributed by atoms with Crippen molar-refractivity contribution in [3.05, 3.63) is 28.4 Å². The normalized spacial score (nSPS) is 16.9. The highest BCUT2D eigenvalue weighted by Gasteiger charge is 2.12. The summed E-state index contributed by atoms with van der Waals surface area (Å²) in [5.41, 5.74) is 0.877. The van der Waals surface area contributed by atoms with Crippen LogP contribution in [0.3, 0.4) is 0 Å². The molecule has 0 aliphatic heterocycles. The maximum Gasteiger partial charge on any atom is 0.347 e. The van der Waals surface area contributed by atoms with Crippen molar-refractivity contribution in [2.45, 2.75) is 45.6 Å². The first-order chi connectivity index (χ1) is 8.75. The van der Waals surface area contributed by atoms with E-state index in [0.29, 0.717) is 6.54 Å². The molecule has 0 radical (unpaired) electrons. The van der Waals surface area contributed by atoms with Gasteiger partial charge in [-0.05, 0) is 37.8 Å². The predicted molar refractivity (Wildman–Crippen MR) is 72.7 cm³/mol. The van der Waals surface area contributed by atoms with Gasteiger partial charge >= 0.3 is 5.69 Å². The Kier molecular flexibility index (Phi) is 4.93. The fraction of sp³-hybridized carbons (Fsp3) is 0.714. The van der Waals surface area contributed by atoms with E-state index in [4.69, 9.17) is 0 Å². The smallest absolute Gasteiger partial charge is 0.315 e. The zero-order valence-electron chi connectivity index (χ0n) is 11.2. The summed E-state index contributed by atoms with van der Waals surface area (Å²) < 4.78 is 1.68. The van der Waals surface area contributed by atoms with E-state index in [2.05, 4.69) is 10.3 Å². The molecule has 0 atom stereocenters. The van der Waals surface area contributed by atoms with Crippen molar-refractivity contribution in [3.8, 4) is 0 Å². The maximum absolute atomic E-state index is 11.5. The summed E-state index contributed by atoms with van der Waals surface area (Å²) in [6, 6.07) is 0. The van der Waals surface area contributed by atoms with E-state index in [1.54, 1.807) is 10.8 Å². The van der Waals surface area contributed by atoms with Gasteiger partial charge in [-0.15, -0.1) is 0 Å². The molecule has 0 aromatic carbocycles. The third-order valence-corrected chi connectivity index (χ3v) is 3.67. The Bertz CT molecular complexity index is 421. The van der Waals surface area contributed by atoms with E-state index in [9.17, 15) is 4.79 Å². The SMILES string of the molecule is Cc1cnc(=O)n(CCNCC2CCCCC2)c1. The molecule has 4 heteroatoms. The Balaban J connectivity index is 1.71. The third kappa shape index (κ3) is 3.95. The molecule has 100 valence electrons. The van der Waals surface area contributed by atoms with Gasteiger partial charge in [0.2, 0.25) is 0 Å². The van der Waals surface area contributed by atoms with Crippen LogP contribution in [0.4, 0.5) is 0 Å². The van der Waals surface area contributed by atoms with Gasteiger partial charge in [-0.3, -0.25) is 4.57 Å². The fourth-order valence-corrected chi connectivity index (χ4v) is 2.62. The number of aryl methyl sites for hydroxylation is 1. The van der Waals surface area contributed by atoms with Gasteiger partial charge in [0.25, 0.3) is 0 Å². The van der Waals surface area contributed by atoms with Crippen LogP contribution in [0.25, 0.3) is 0 Å². The standard InChI is InChI=1S/C14H23N3O/c1-12-9-16-14(18)17(11-12)8-7-15-10-13-5-3-2-4-6-13/h9,11,13,15H,2-8,10H2,1H3. The molecule has 18 heavy (non-hydrogen) atoms. The highest BCUT2D eigenvalue weighted by molar-refractivity contribution is 4.99. The molecule has 0 amide bonds. The van der Waals surface area contributed by atoms with Crippen LogP contribution < -0.4 is 11.0 Å². The van der Waals surface area contributed by atoms with Gasteiger partial charge in [0.05, 0.1) is 0 Å². The molecule has 0 spiro atoms. The van der Waals surface area contributed by atoms with Gasteiger partial charge in [-0.1, -0.05) is 19.3 Å². The Morgan fingerprint density at radius 2 is 2.17 bits per heavy atom. The van der Waals surface area contributed by atoms with Crippen LogP contribution in [0.15, 0.2) is 17.2 Å². The van der Waals surface area contributed by atoms with Crippen LogP contribution in [0.2, 0.25) is 0 Å². The van der Waals surface area contributed by atoms with Crippen molar-refractivity contribution < 1.29 is 0 Å². The second kappa shape index (κ2) is 6.69. The van der Waals surface area contributed by atoms with Crippen molar-refractivity contribution in [1.29, 1.82) is 0 Å². The second-order valence-corrected chi connectivity index (χ2v) is 5.32. The van der Waals surface area contributed by atoms with Crippen LogP contribution in [0.1, 0.15) is 37.7 Å². The highest BCUT2D eigenvalue weighted by Crippen LogP contribution is 2.22. The average Bonchev–Trinajstić information content (AvgIpc) is 2.40. The molecule has 1 fully saturated rings. The summed E-state index contributed by atoms with van der Waals surface area (Å²) >= 11 is 0. The van der Waals surface area contributed by atoms with E-state index < -0.39 is 0 Å². The van der Waals surface area contributed by atoms with Gasteiger partial charge in [-0.25, -0.2) is 9.78 Å². The number of aromatic nitrogens is 2.